The lowest BCUT2D eigenvalue weighted by atomic mass is 9.44. The molecular formula is C60H39BN2OS2. The van der Waals surface area contributed by atoms with Crippen LogP contribution in [-0.4, -0.2) is 11.4 Å². The van der Waals surface area contributed by atoms with E-state index in [4.69, 9.17) is 4.42 Å². The number of anilines is 2. The fraction of sp³-hybridized carbons (Fsp3) is 0.0667. The summed E-state index contributed by atoms with van der Waals surface area (Å²) in [5.41, 5.74) is 18.2. The predicted octanol–water partition coefficient (Wildman–Crippen LogP) is 16.1. The molecule has 0 saturated carbocycles. The molecule has 2 aliphatic heterocycles. The van der Waals surface area contributed by atoms with Gasteiger partial charge in [0.05, 0.1) is 11.0 Å². The summed E-state index contributed by atoms with van der Waals surface area (Å²) in [6, 6.07) is 68.4. The molecular weight excluding hydrogens is 840 g/mol. The van der Waals surface area contributed by atoms with Crippen LogP contribution in [0, 0.1) is 0 Å². The molecule has 15 rings (SSSR count). The number of aromatic nitrogens is 1. The van der Waals surface area contributed by atoms with Gasteiger partial charge >= 0.3 is 6.85 Å². The lowest BCUT2D eigenvalue weighted by Crippen LogP contribution is -2.60. The molecule has 6 heterocycles. The normalized spacial score (nSPS) is 13.3. The lowest BCUT2D eigenvalue weighted by Gasteiger charge is -2.42. The van der Waals surface area contributed by atoms with E-state index in [1.807, 2.05) is 22.7 Å². The van der Waals surface area contributed by atoms with E-state index in [1.54, 1.807) is 0 Å². The highest BCUT2D eigenvalue weighted by molar-refractivity contribution is 7.26. The maximum absolute atomic E-state index is 6.70. The molecule has 3 nitrogen and oxygen atoms in total. The van der Waals surface area contributed by atoms with Crippen LogP contribution in [0.1, 0.15) is 26.3 Å². The average molecular weight is 879 g/mol. The topological polar surface area (TPSA) is 21.3 Å². The highest BCUT2D eigenvalue weighted by Gasteiger charge is 2.45. The van der Waals surface area contributed by atoms with Crippen molar-refractivity contribution in [3.05, 3.63) is 188 Å². The largest absolute Gasteiger partial charge is 0.456 e. The van der Waals surface area contributed by atoms with Crippen molar-refractivity contribution < 1.29 is 4.42 Å². The molecule has 2 aliphatic rings. The molecule has 0 unspecified atom stereocenters. The van der Waals surface area contributed by atoms with Crippen LogP contribution in [0.15, 0.2) is 186 Å². The standard InChI is InChI=1S/C60H39BN2OS2/c1-60(2,3)36-22-24-37(25-23-36)63-49-33-52-44(38-18-10-12-20-51(38)64-52)28-42(49)40-26-27-41-43-31-54-45(39-19-11-13-21-53(39)65-54)29-48(43)62-50-30-46-55(32-47(50)61(63)57(40)58(41)62)66-59(35-16-8-5-9-17-35)56(46)34-14-6-4-7-15-34/h4-33H,1-3H3. The van der Waals surface area contributed by atoms with Gasteiger partial charge in [-0.2, -0.15) is 0 Å². The Morgan fingerprint density at radius 1 is 0.485 bits per heavy atom. The number of hydrogen-bond donors (Lipinski definition) is 0. The van der Waals surface area contributed by atoms with Crippen LogP contribution in [0.3, 0.4) is 0 Å². The molecule has 4 aromatic heterocycles. The minimum absolute atomic E-state index is 0.0205. The SMILES string of the molecule is CC(C)(C)c1ccc(N2B3c4cc5sc(-c6ccccc6)c(-c6ccccc6)c5cc4-n4c5cc6c(cc5c5ccc(c3c54)-c3cc4c(cc32)oc2ccccc24)sc2ccccc26)cc1. The van der Waals surface area contributed by atoms with Gasteiger partial charge in [-0.1, -0.05) is 142 Å². The Morgan fingerprint density at radius 3 is 2.02 bits per heavy atom. The maximum Gasteiger partial charge on any atom is 0.333 e. The third-order valence-electron chi connectivity index (χ3n) is 14.5. The molecule has 0 radical (unpaired) electrons. The Kier molecular flexibility index (Phi) is 7.34. The number of para-hydroxylation sites is 1. The van der Waals surface area contributed by atoms with E-state index >= 15 is 0 Å². The number of thiophene rings is 2. The second-order valence-corrected chi connectivity index (χ2v) is 21.3. The van der Waals surface area contributed by atoms with Gasteiger partial charge in [-0.25, -0.2) is 0 Å². The lowest BCUT2D eigenvalue weighted by molar-refractivity contribution is 0.590. The zero-order valence-corrected chi connectivity index (χ0v) is 38.2. The van der Waals surface area contributed by atoms with Crippen LogP contribution in [0.2, 0.25) is 0 Å². The summed E-state index contributed by atoms with van der Waals surface area (Å²) in [6.07, 6.45) is 0. The van der Waals surface area contributed by atoms with Crippen molar-refractivity contribution >= 4 is 126 Å². The third-order valence-corrected chi connectivity index (χ3v) is 16.9. The molecule has 0 fully saturated rings. The summed E-state index contributed by atoms with van der Waals surface area (Å²) >= 11 is 3.81. The first-order valence-corrected chi connectivity index (χ1v) is 24.5. The zero-order valence-electron chi connectivity index (χ0n) is 36.5. The van der Waals surface area contributed by atoms with Crippen molar-refractivity contribution in [1.82, 2.24) is 4.57 Å². The van der Waals surface area contributed by atoms with Gasteiger partial charge < -0.3 is 13.8 Å². The van der Waals surface area contributed by atoms with Gasteiger partial charge in [0.15, 0.2) is 0 Å². The first kappa shape index (κ1) is 36.9. The van der Waals surface area contributed by atoms with Gasteiger partial charge in [0.2, 0.25) is 0 Å². The molecule has 9 aromatic carbocycles. The molecule has 6 heteroatoms. The van der Waals surface area contributed by atoms with E-state index < -0.39 is 0 Å². The molecule has 66 heavy (non-hydrogen) atoms. The Morgan fingerprint density at radius 2 is 1.21 bits per heavy atom. The fourth-order valence-corrected chi connectivity index (χ4v) is 13.9. The molecule has 0 atom stereocenters. The Hall–Kier alpha value is -7.38. The number of furan rings is 1. The molecule has 0 saturated heterocycles. The van der Waals surface area contributed by atoms with Gasteiger partial charge in [0.1, 0.15) is 11.2 Å². The van der Waals surface area contributed by atoms with Crippen molar-refractivity contribution in [3.63, 3.8) is 0 Å². The Balaban J connectivity index is 1.12. The van der Waals surface area contributed by atoms with Crippen molar-refractivity contribution in [1.29, 1.82) is 0 Å². The molecule has 0 N–H and O–H groups in total. The van der Waals surface area contributed by atoms with E-state index in [-0.39, 0.29) is 12.3 Å². The minimum Gasteiger partial charge on any atom is -0.456 e. The Bertz CT molecular complexity index is 4210. The van der Waals surface area contributed by atoms with Crippen LogP contribution in [0.25, 0.3) is 112 Å². The quantitative estimate of drug-likeness (QED) is 0.165. The van der Waals surface area contributed by atoms with Gasteiger partial charge in [-0.05, 0) is 93.2 Å². The molecule has 0 bridgehead atoms. The number of benzene rings is 9. The summed E-state index contributed by atoms with van der Waals surface area (Å²) < 4.78 is 13.3. The van der Waals surface area contributed by atoms with Crippen LogP contribution >= 0.6 is 22.7 Å². The fourth-order valence-electron chi connectivity index (χ4n) is 11.5. The van der Waals surface area contributed by atoms with Crippen LogP contribution < -0.4 is 15.7 Å². The van der Waals surface area contributed by atoms with Gasteiger partial charge in [0.25, 0.3) is 0 Å². The van der Waals surface area contributed by atoms with E-state index in [2.05, 4.69) is 212 Å². The summed E-state index contributed by atoms with van der Waals surface area (Å²) in [6.45, 7) is 6.77. The molecule has 0 aliphatic carbocycles. The van der Waals surface area contributed by atoms with Crippen molar-refractivity contribution in [3.8, 4) is 38.4 Å². The highest BCUT2D eigenvalue weighted by atomic mass is 32.1. The zero-order chi connectivity index (χ0) is 43.6. The first-order chi connectivity index (χ1) is 32.4. The average Bonchev–Trinajstić information content (AvgIpc) is 4.10. The number of hydrogen-bond acceptors (Lipinski definition) is 4. The predicted molar refractivity (Wildman–Crippen MR) is 285 cm³/mol. The summed E-state index contributed by atoms with van der Waals surface area (Å²) in [4.78, 5) is 3.93. The number of fused-ring (bicyclic) bond motifs is 15. The van der Waals surface area contributed by atoms with E-state index in [0.717, 1.165) is 33.3 Å². The van der Waals surface area contributed by atoms with Gasteiger partial charge in [-0.15, -0.1) is 22.7 Å². The number of rotatable bonds is 3. The maximum atomic E-state index is 6.70. The van der Waals surface area contributed by atoms with Gasteiger partial charge in [0, 0.05) is 90.9 Å². The van der Waals surface area contributed by atoms with Crippen molar-refractivity contribution in [2.24, 2.45) is 0 Å². The molecule has 13 aromatic rings. The third kappa shape index (κ3) is 4.98. The van der Waals surface area contributed by atoms with Crippen LogP contribution in [-0.2, 0) is 5.41 Å². The first-order valence-electron chi connectivity index (χ1n) is 22.9. The van der Waals surface area contributed by atoms with Crippen molar-refractivity contribution in [2.45, 2.75) is 26.2 Å². The molecule has 0 spiro atoms. The van der Waals surface area contributed by atoms with Crippen LogP contribution in [0.5, 0.6) is 0 Å². The van der Waals surface area contributed by atoms with E-state index in [0.29, 0.717) is 0 Å². The second kappa shape index (κ2) is 13.1. The summed E-state index contributed by atoms with van der Waals surface area (Å²) in [5, 5.41) is 8.77. The van der Waals surface area contributed by atoms with E-state index in [9.17, 15) is 0 Å². The highest BCUT2D eigenvalue weighted by Crippen LogP contribution is 2.51. The minimum atomic E-state index is -0.126. The summed E-state index contributed by atoms with van der Waals surface area (Å²) in [5.74, 6) is 0. The van der Waals surface area contributed by atoms with E-state index in [1.165, 1.54) is 107 Å². The van der Waals surface area contributed by atoms with Gasteiger partial charge in [-0.3, -0.25) is 0 Å². The van der Waals surface area contributed by atoms with Crippen molar-refractivity contribution in [2.75, 3.05) is 4.81 Å². The Labute approximate surface area is 389 Å². The van der Waals surface area contributed by atoms with Crippen LogP contribution in [0.4, 0.5) is 11.4 Å². The summed E-state index contributed by atoms with van der Waals surface area (Å²) in [7, 11) is 0. The smallest absolute Gasteiger partial charge is 0.333 e. The number of nitrogens with zero attached hydrogens (tertiary/aromatic N) is 2. The monoisotopic (exact) mass is 878 g/mol. The second-order valence-electron chi connectivity index (χ2n) is 19.2. The molecule has 310 valence electrons. The molecule has 0 amide bonds.